The van der Waals surface area contributed by atoms with Crippen LogP contribution < -0.4 is 5.32 Å². The molecule has 0 radical (unpaired) electrons. The highest BCUT2D eigenvalue weighted by Crippen LogP contribution is 2.26. The number of nitrogens with zero attached hydrogens (tertiary/aromatic N) is 4. The molecule has 0 spiro atoms. The van der Waals surface area contributed by atoms with Crippen molar-refractivity contribution in [3.63, 3.8) is 0 Å². The van der Waals surface area contributed by atoms with E-state index < -0.39 is 0 Å². The molecular weight excluding hydrogens is 310 g/mol. The van der Waals surface area contributed by atoms with Crippen molar-refractivity contribution in [2.45, 2.75) is 20.4 Å². The van der Waals surface area contributed by atoms with Crippen LogP contribution in [0, 0.1) is 13.8 Å². The van der Waals surface area contributed by atoms with Gasteiger partial charge >= 0.3 is 0 Å². The van der Waals surface area contributed by atoms with E-state index in [0.717, 1.165) is 22.6 Å². The third-order valence-electron chi connectivity index (χ3n) is 4.17. The average Bonchev–Trinajstić information content (AvgIpc) is 2.99. The summed E-state index contributed by atoms with van der Waals surface area (Å²) in [5, 5.41) is 3.30. The molecule has 0 unspecified atom stereocenters. The third kappa shape index (κ3) is 3.08. The number of nitrogens with one attached hydrogen (secondary N) is 1. The molecule has 0 saturated carbocycles. The van der Waals surface area contributed by atoms with Crippen molar-refractivity contribution >= 4 is 11.6 Å². The normalized spacial score (nSPS) is 11.0. The van der Waals surface area contributed by atoms with Crippen LogP contribution in [0.3, 0.4) is 0 Å². The summed E-state index contributed by atoms with van der Waals surface area (Å²) in [7, 11) is 0. The zero-order chi connectivity index (χ0) is 17.2. The van der Waals surface area contributed by atoms with Crippen LogP contribution in [0.4, 0.5) is 5.95 Å². The van der Waals surface area contributed by atoms with Crippen molar-refractivity contribution in [2.24, 2.45) is 0 Å². The molecule has 5 nitrogen and oxygen atoms in total. The van der Waals surface area contributed by atoms with Crippen LogP contribution in [-0.2, 0) is 6.54 Å². The topological polar surface area (TPSA) is 55.1 Å². The quantitative estimate of drug-likeness (QED) is 0.614. The molecule has 4 aromatic rings. The summed E-state index contributed by atoms with van der Waals surface area (Å²) in [4.78, 5) is 13.3. The highest BCUT2D eigenvalue weighted by Gasteiger charge is 2.14. The molecule has 4 rings (SSSR count). The van der Waals surface area contributed by atoms with E-state index in [0.29, 0.717) is 12.5 Å². The number of pyridine rings is 1. The van der Waals surface area contributed by atoms with Gasteiger partial charge in [-0.05, 0) is 31.5 Å². The maximum atomic E-state index is 4.85. The molecule has 0 fully saturated rings. The second-order valence-corrected chi connectivity index (χ2v) is 6.13. The SMILES string of the molecule is Cc1ccc(-c2nc3ccc(C)cn3c2CNc2ncccn2)cc1. The molecule has 3 aromatic heterocycles. The summed E-state index contributed by atoms with van der Waals surface area (Å²) >= 11 is 0. The molecular formula is C20H19N5. The molecule has 0 aliphatic carbocycles. The first-order valence-electron chi connectivity index (χ1n) is 8.26. The number of hydrogen-bond acceptors (Lipinski definition) is 4. The van der Waals surface area contributed by atoms with Gasteiger partial charge in [0.05, 0.1) is 17.9 Å². The number of fused-ring (bicyclic) bond motifs is 1. The molecule has 0 amide bonds. The van der Waals surface area contributed by atoms with Gasteiger partial charge < -0.3 is 9.72 Å². The lowest BCUT2D eigenvalue weighted by Gasteiger charge is -2.08. The number of imidazole rings is 1. The van der Waals surface area contributed by atoms with E-state index >= 15 is 0 Å². The van der Waals surface area contributed by atoms with Gasteiger partial charge in [-0.1, -0.05) is 35.9 Å². The summed E-state index contributed by atoms with van der Waals surface area (Å²) in [6, 6.07) is 14.4. The number of hydrogen-bond donors (Lipinski definition) is 1. The van der Waals surface area contributed by atoms with E-state index in [-0.39, 0.29) is 0 Å². The maximum Gasteiger partial charge on any atom is 0.222 e. The highest BCUT2D eigenvalue weighted by atomic mass is 15.1. The van der Waals surface area contributed by atoms with Crippen LogP contribution in [0.5, 0.6) is 0 Å². The zero-order valence-electron chi connectivity index (χ0n) is 14.3. The van der Waals surface area contributed by atoms with E-state index in [9.17, 15) is 0 Å². The molecule has 124 valence electrons. The minimum absolute atomic E-state index is 0.595. The molecule has 0 bridgehead atoms. The Labute approximate surface area is 146 Å². The van der Waals surface area contributed by atoms with Gasteiger partial charge in [0.25, 0.3) is 0 Å². The first-order valence-corrected chi connectivity index (χ1v) is 8.26. The van der Waals surface area contributed by atoms with E-state index in [1.54, 1.807) is 18.5 Å². The Morgan fingerprint density at radius 3 is 2.40 bits per heavy atom. The predicted octanol–water partition coefficient (Wildman–Crippen LogP) is 4.02. The lowest BCUT2D eigenvalue weighted by atomic mass is 10.1. The first kappa shape index (κ1) is 15.3. The molecule has 0 aliphatic heterocycles. The van der Waals surface area contributed by atoms with E-state index in [4.69, 9.17) is 4.98 Å². The molecule has 1 aromatic carbocycles. The number of rotatable bonds is 4. The van der Waals surface area contributed by atoms with Crippen molar-refractivity contribution in [1.82, 2.24) is 19.4 Å². The van der Waals surface area contributed by atoms with Crippen molar-refractivity contribution in [1.29, 1.82) is 0 Å². The van der Waals surface area contributed by atoms with Crippen LogP contribution in [0.15, 0.2) is 61.1 Å². The van der Waals surface area contributed by atoms with Gasteiger partial charge in [-0.25, -0.2) is 15.0 Å². The standard InChI is InChI=1S/C20H19N5/c1-14-4-7-16(8-5-14)19-17(12-23-20-21-10-3-11-22-20)25-13-15(2)6-9-18(25)24-19/h3-11,13H,12H2,1-2H3,(H,21,22,23). The van der Waals surface area contributed by atoms with E-state index in [1.807, 2.05) is 0 Å². The fraction of sp³-hybridized carbons (Fsp3) is 0.150. The van der Waals surface area contributed by atoms with Crippen LogP contribution in [0.2, 0.25) is 0 Å². The van der Waals surface area contributed by atoms with Crippen LogP contribution >= 0.6 is 0 Å². The molecule has 3 heterocycles. The van der Waals surface area contributed by atoms with Crippen molar-refractivity contribution in [3.05, 3.63) is 77.9 Å². The second-order valence-electron chi connectivity index (χ2n) is 6.13. The molecule has 0 atom stereocenters. The molecule has 25 heavy (non-hydrogen) atoms. The van der Waals surface area contributed by atoms with Gasteiger partial charge in [-0.15, -0.1) is 0 Å². The summed E-state index contributed by atoms with van der Waals surface area (Å²) in [5.41, 5.74) is 6.55. The Morgan fingerprint density at radius 2 is 1.64 bits per heavy atom. The van der Waals surface area contributed by atoms with E-state index in [1.165, 1.54) is 11.1 Å². The maximum absolute atomic E-state index is 4.85. The Balaban J connectivity index is 1.79. The van der Waals surface area contributed by atoms with Crippen molar-refractivity contribution in [2.75, 3.05) is 5.32 Å². The Kier molecular flexibility index (Phi) is 3.90. The smallest absolute Gasteiger partial charge is 0.222 e. The second kappa shape index (κ2) is 6.36. The third-order valence-corrected chi connectivity index (χ3v) is 4.17. The summed E-state index contributed by atoms with van der Waals surface area (Å²) in [5.74, 6) is 0.611. The largest absolute Gasteiger partial charge is 0.349 e. The van der Waals surface area contributed by atoms with Gasteiger partial charge in [0.2, 0.25) is 5.95 Å². The lowest BCUT2D eigenvalue weighted by Crippen LogP contribution is -2.06. The Morgan fingerprint density at radius 1 is 0.920 bits per heavy atom. The van der Waals surface area contributed by atoms with Crippen molar-refractivity contribution in [3.8, 4) is 11.3 Å². The van der Waals surface area contributed by atoms with Crippen LogP contribution in [-0.4, -0.2) is 19.4 Å². The minimum atomic E-state index is 0.595. The fourth-order valence-corrected chi connectivity index (χ4v) is 2.86. The van der Waals surface area contributed by atoms with Crippen LogP contribution in [0.1, 0.15) is 16.8 Å². The van der Waals surface area contributed by atoms with Gasteiger partial charge in [0, 0.05) is 24.2 Å². The fourth-order valence-electron chi connectivity index (χ4n) is 2.86. The monoisotopic (exact) mass is 329 g/mol. The summed E-state index contributed by atoms with van der Waals surface area (Å²) in [6.45, 7) is 4.77. The summed E-state index contributed by atoms with van der Waals surface area (Å²) < 4.78 is 2.14. The molecule has 1 N–H and O–H groups in total. The Hall–Kier alpha value is -3.21. The highest BCUT2D eigenvalue weighted by molar-refractivity contribution is 5.67. The number of aromatic nitrogens is 4. The molecule has 0 saturated heterocycles. The number of benzene rings is 1. The molecule has 0 aliphatic rings. The number of anilines is 1. The Bertz CT molecular complexity index is 1000. The van der Waals surface area contributed by atoms with Crippen molar-refractivity contribution < 1.29 is 0 Å². The average molecular weight is 329 g/mol. The summed E-state index contributed by atoms with van der Waals surface area (Å²) in [6.07, 6.45) is 5.58. The van der Waals surface area contributed by atoms with Crippen LogP contribution in [0.25, 0.3) is 16.9 Å². The zero-order valence-corrected chi connectivity index (χ0v) is 14.3. The van der Waals surface area contributed by atoms with Gasteiger partial charge in [0.15, 0.2) is 0 Å². The van der Waals surface area contributed by atoms with E-state index in [2.05, 4.69) is 76.1 Å². The van der Waals surface area contributed by atoms with Gasteiger partial charge in [0.1, 0.15) is 5.65 Å². The van der Waals surface area contributed by atoms with Gasteiger partial charge in [-0.2, -0.15) is 0 Å². The lowest BCUT2D eigenvalue weighted by molar-refractivity contribution is 0.972. The minimum Gasteiger partial charge on any atom is -0.349 e. The molecule has 5 heteroatoms. The van der Waals surface area contributed by atoms with Gasteiger partial charge in [-0.3, -0.25) is 0 Å². The number of aryl methyl sites for hydroxylation is 2. The predicted molar refractivity (Wildman–Crippen MR) is 99.5 cm³/mol. The first-order chi connectivity index (χ1) is 12.2.